The van der Waals surface area contributed by atoms with Crippen molar-refractivity contribution in [3.8, 4) is 39.8 Å². The number of carbonyl (C=O) groups excluding carboxylic acids is 5. The summed E-state index contributed by atoms with van der Waals surface area (Å²) in [7, 11) is 1.43. The molecule has 0 aromatic heterocycles. The topological polar surface area (TPSA) is 257 Å². The van der Waals surface area contributed by atoms with Gasteiger partial charge in [-0.3, -0.25) is 24.0 Å². The standard InChI is InChI=1S/C46H54N8O7.C3H9N/c1-4-5-6-30-7-10-32(11-8-30)33-12-14-34(15-13-33)44(57)51-28-41(55)54(3)42-35-16-18-40(61-24-21-49)37(27-35)36-25-31(9-17-39(36)60-23-20-48)26-38(45(58)50-22-19-47)53-43(56)29(2)52-46(42)59;1-2-3-4/h7-18,25,27,29,38,42H,4-6,20-24,26,28,48-49H2,1-3H3,(H,50,58)(H,51,57)(H,52,59)(H,53,56);2-4H2,1H3/t29-,38?,42?;/m0./s1. The normalized spacial score (nSPS) is 15.6. The van der Waals surface area contributed by atoms with Gasteiger partial charge in [0.25, 0.3) is 5.91 Å². The van der Waals surface area contributed by atoms with Crippen LogP contribution in [-0.4, -0.2) is 99.5 Å². The van der Waals surface area contributed by atoms with E-state index in [-0.39, 0.29) is 39.3 Å². The minimum Gasteiger partial charge on any atom is -0.492 e. The van der Waals surface area contributed by atoms with Gasteiger partial charge in [0.1, 0.15) is 49.4 Å². The molecule has 16 nitrogen and oxygen atoms in total. The SMILES string of the molecule is CCCCc1ccc(-c2ccc(C(=O)NCC(=O)N(C)C3C(=O)N[C@@H](C)C(=O)NC(C(=O)NCC#N)Cc4ccc(OCCN)c(c4)-c4cc3ccc4OCCN)cc2)cc1.CCCN. The number of hydrogen-bond donors (Lipinski definition) is 7. The number of ether oxygens (including phenoxy) is 2. The smallest absolute Gasteiger partial charge is 0.251 e. The Kier molecular flexibility index (Phi) is 20.4. The molecule has 5 amide bonds. The number of fused-ring (bicyclic) bond motifs is 5. The van der Waals surface area contributed by atoms with E-state index >= 15 is 0 Å². The second-order valence-corrected chi connectivity index (χ2v) is 15.5. The Morgan fingerprint density at radius 3 is 1.97 bits per heavy atom. The predicted molar refractivity (Wildman–Crippen MR) is 251 cm³/mol. The van der Waals surface area contributed by atoms with E-state index in [2.05, 4.69) is 59.4 Å². The third kappa shape index (κ3) is 14.6. The zero-order valence-electron chi connectivity index (χ0n) is 37.8. The van der Waals surface area contributed by atoms with Crippen molar-refractivity contribution in [1.82, 2.24) is 26.2 Å². The summed E-state index contributed by atoms with van der Waals surface area (Å²) in [6.07, 6.45) is 4.40. The molecule has 0 spiro atoms. The van der Waals surface area contributed by atoms with Gasteiger partial charge in [0, 0.05) is 43.2 Å². The molecule has 3 atom stereocenters. The number of nitrogens with one attached hydrogen (secondary N) is 4. The number of benzene rings is 4. The lowest BCUT2D eigenvalue weighted by molar-refractivity contribution is -0.139. The van der Waals surface area contributed by atoms with Crippen LogP contribution in [0.5, 0.6) is 11.5 Å². The molecule has 0 radical (unpaired) electrons. The molecule has 5 rings (SSSR count). The van der Waals surface area contributed by atoms with Crippen LogP contribution in [0, 0.1) is 11.3 Å². The van der Waals surface area contributed by atoms with Gasteiger partial charge in [-0.05, 0) is 96.9 Å². The molecule has 1 aliphatic heterocycles. The van der Waals surface area contributed by atoms with Crippen LogP contribution in [0.15, 0.2) is 84.9 Å². The first kappa shape index (κ1) is 50.8. The molecule has 10 N–H and O–H groups in total. The minimum absolute atomic E-state index is 0.0230. The number of nitrogens with two attached hydrogens (primary N) is 3. The summed E-state index contributed by atoms with van der Waals surface area (Å²) in [5.74, 6) is -2.25. The van der Waals surface area contributed by atoms with E-state index in [0.29, 0.717) is 39.3 Å². The molecule has 0 saturated carbocycles. The van der Waals surface area contributed by atoms with Gasteiger partial charge in [-0.15, -0.1) is 0 Å². The van der Waals surface area contributed by atoms with E-state index in [1.165, 1.54) is 24.4 Å². The fourth-order valence-electron chi connectivity index (χ4n) is 6.92. The third-order valence-corrected chi connectivity index (χ3v) is 10.5. The van der Waals surface area contributed by atoms with Crippen LogP contribution < -0.4 is 47.9 Å². The largest absolute Gasteiger partial charge is 0.492 e. The molecule has 4 aromatic carbocycles. The van der Waals surface area contributed by atoms with Crippen LogP contribution in [0.2, 0.25) is 0 Å². The fraction of sp³-hybridized carbons (Fsp3) is 0.388. The maximum atomic E-state index is 14.3. The van der Waals surface area contributed by atoms with Gasteiger partial charge in [-0.25, -0.2) is 0 Å². The Morgan fingerprint density at radius 2 is 1.38 bits per heavy atom. The molecule has 0 saturated heterocycles. The molecular formula is C49H63N9O7. The van der Waals surface area contributed by atoms with Gasteiger partial charge in [0.05, 0.1) is 12.6 Å². The number of unbranched alkanes of at least 4 members (excludes halogenated alkanes) is 1. The van der Waals surface area contributed by atoms with Crippen molar-refractivity contribution in [2.24, 2.45) is 17.2 Å². The van der Waals surface area contributed by atoms with Crippen LogP contribution in [-0.2, 0) is 32.0 Å². The Balaban J connectivity index is 0.00000222. The molecular weight excluding hydrogens is 827 g/mol. The average Bonchev–Trinajstić information content (AvgIpc) is 3.32. The Bertz CT molecular complexity index is 2260. The quantitative estimate of drug-likeness (QED) is 0.0755. The van der Waals surface area contributed by atoms with E-state index in [9.17, 15) is 24.0 Å². The summed E-state index contributed by atoms with van der Waals surface area (Å²) in [5, 5.41) is 19.7. The Labute approximate surface area is 381 Å². The van der Waals surface area contributed by atoms with Crippen LogP contribution in [0.4, 0.5) is 0 Å². The van der Waals surface area contributed by atoms with Gasteiger partial charge in [0.2, 0.25) is 23.6 Å². The van der Waals surface area contributed by atoms with Crippen LogP contribution >= 0.6 is 0 Å². The number of carbonyl (C=O) groups is 5. The number of amides is 5. The van der Waals surface area contributed by atoms with Crippen molar-refractivity contribution in [1.29, 1.82) is 5.26 Å². The van der Waals surface area contributed by atoms with Crippen molar-refractivity contribution in [3.63, 3.8) is 0 Å². The van der Waals surface area contributed by atoms with E-state index < -0.39 is 54.2 Å². The molecule has 2 unspecified atom stereocenters. The van der Waals surface area contributed by atoms with Gasteiger partial charge in [0.15, 0.2) is 0 Å². The molecule has 1 heterocycles. The summed E-state index contributed by atoms with van der Waals surface area (Å²) < 4.78 is 12.1. The summed E-state index contributed by atoms with van der Waals surface area (Å²) >= 11 is 0. The Hall–Kier alpha value is -6.80. The summed E-state index contributed by atoms with van der Waals surface area (Å²) in [5.41, 5.74) is 22.2. The molecule has 4 aromatic rings. The Morgan fingerprint density at radius 1 is 0.785 bits per heavy atom. The van der Waals surface area contributed by atoms with Crippen molar-refractivity contribution in [3.05, 3.63) is 107 Å². The lowest BCUT2D eigenvalue weighted by atomic mass is 9.93. The van der Waals surface area contributed by atoms with Gasteiger partial charge >= 0.3 is 0 Å². The number of aryl methyl sites for hydroxylation is 1. The van der Waals surface area contributed by atoms with E-state index in [1.807, 2.05) is 18.2 Å². The number of nitrogens with zero attached hydrogens (tertiary/aromatic N) is 2. The van der Waals surface area contributed by atoms with Gasteiger partial charge in [-0.2, -0.15) is 5.26 Å². The lowest BCUT2D eigenvalue weighted by Crippen LogP contribution is -2.55. The highest BCUT2D eigenvalue weighted by Crippen LogP contribution is 2.40. The molecule has 0 fully saturated rings. The number of likely N-dealkylation sites (N-methyl/N-ethyl adjacent to an activating group) is 1. The first-order valence-electron chi connectivity index (χ1n) is 22.0. The number of hydrogen-bond acceptors (Lipinski definition) is 11. The lowest BCUT2D eigenvalue weighted by Gasteiger charge is -2.30. The van der Waals surface area contributed by atoms with Crippen LogP contribution in [0.3, 0.4) is 0 Å². The van der Waals surface area contributed by atoms with E-state index in [0.717, 1.165) is 43.4 Å². The first-order valence-corrected chi connectivity index (χ1v) is 22.0. The van der Waals surface area contributed by atoms with Gasteiger partial charge < -0.3 is 52.8 Å². The highest BCUT2D eigenvalue weighted by Gasteiger charge is 2.33. The molecule has 1 aliphatic rings. The zero-order valence-corrected chi connectivity index (χ0v) is 37.8. The molecule has 4 bridgehead atoms. The molecule has 65 heavy (non-hydrogen) atoms. The summed E-state index contributed by atoms with van der Waals surface area (Å²) in [4.78, 5) is 69.5. The first-order chi connectivity index (χ1) is 31.4. The van der Waals surface area contributed by atoms with Crippen molar-refractivity contribution >= 4 is 29.5 Å². The molecule has 346 valence electrons. The number of nitriles is 1. The van der Waals surface area contributed by atoms with Crippen LogP contribution in [0.1, 0.15) is 73.1 Å². The summed E-state index contributed by atoms with van der Waals surface area (Å²) in [6, 6.07) is 23.9. The maximum Gasteiger partial charge on any atom is 0.251 e. The molecule has 16 heteroatoms. The van der Waals surface area contributed by atoms with Crippen molar-refractivity contribution in [2.75, 3.05) is 53.0 Å². The highest BCUT2D eigenvalue weighted by molar-refractivity contribution is 5.98. The second-order valence-electron chi connectivity index (χ2n) is 15.5. The molecule has 0 aliphatic carbocycles. The van der Waals surface area contributed by atoms with Crippen molar-refractivity contribution < 1.29 is 33.4 Å². The zero-order chi connectivity index (χ0) is 47.3. The highest BCUT2D eigenvalue weighted by atomic mass is 16.5. The minimum atomic E-state index is -1.32. The monoisotopic (exact) mass is 889 g/mol. The fourth-order valence-corrected chi connectivity index (χ4v) is 6.92. The third-order valence-electron chi connectivity index (χ3n) is 10.5. The van der Waals surface area contributed by atoms with Crippen LogP contribution in [0.25, 0.3) is 22.3 Å². The maximum absolute atomic E-state index is 14.3. The average molecular weight is 890 g/mol. The van der Waals surface area contributed by atoms with E-state index in [1.54, 1.807) is 48.5 Å². The predicted octanol–water partition coefficient (Wildman–Crippen LogP) is 3.51. The van der Waals surface area contributed by atoms with E-state index in [4.69, 9.17) is 31.9 Å². The van der Waals surface area contributed by atoms with Gasteiger partial charge in [-0.1, -0.05) is 68.8 Å². The summed E-state index contributed by atoms with van der Waals surface area (Å²) in [6.45, 7) is 6.51. The second kappa shape index (κ2) is 26.1. The van der Waals surface area contributed by atoms with Crippen molar-refractivity contribution in [2.45, 2.75) is 71.0 Å². The number of rotatable bonds is 17.